The molecule has 18 heavy (non-hydrogen) atoms. The van der Waals surface area contributed by atoms with Gasteiger partial charge in [0.05, 0.1) is 12.0 Å². The molecular formula is C16H24N2. The van der Waals surface area contributed by atoms with E-state index in [2.05, 4.69) is 24.2 Å². The first-order valence-electron chi connectivity index (χ1n) is 6.37. The highest BCUT2D eigenvalue weighted by atomic mass is 14.6. The Hall–Kier alpha value is -1.88. The summed E-state index contributed by atoms with van der Waals surface area (Å²) in [5.74, 6) is -0.171. The summed E-state index contributed by atoms with van der Waals surface area (Å²) in [7, 11) is 0. The fraction of sp³-hybridized carbons (Fsp3) is 0.375. The van der Waals surface area contributed by atoms with Gasteiger partial charge >= 0.3 is 0 Å². The second-order valence-electron chi connectivity index (χ2n) is 2.99. The van der Waals surface area contributed by atoms with Crippen LogP contribution in [-0.2, 0) is 0 Å². The fourth-order valence-corrected chi connectivity index (χ4v) is 1.32. The van der Waals surface area contributed by atoms with Crippen molar-refractivity contribution in [3.05, 3.63) is 42.2 Å². The van der Waals surface area contributed by atoms with Crippen LogP contribution in [0.5, 0.6) is 0 Å². The van der Waals surface area contributed by atoms with Gasteiger partial charge in [-0.1, -0.05) is 53.0 Å². The summed E-state index contributed by atoms with van der Waals surface area (Å²) in [6.07, 6.45) is 6.88. The molecule has 0 spiro atoms. The molecule has 0 aliphatic carbocycles. The number of hydrogen-bond donors (Lipinski definition) is 0. The molecule has 0 N–H and O–H groups in total. The molecule has 1 unspecified atom stereocenters. The van der Waals surface area contributed by atoms with Crippen molar-refractivity contribution in [2.45, 2.75) is 40.5 Å². The highest BCUT2D eigenvalue weighted by Gasteiger charge is 2.10. The van der Waals surface area contributed by atoms with Crippen LogP contribution in [0.25, 0.3) is 12.2 Å². The predicted molar refractivity (Wildman–Crippen MR) is 81.1 cm³/mol. The van der Waals surface area contributed by atoms with Gasteiger partial charge in [-0.25, -0.2) is 0 Å². The zero-order valence-corrected chi connectivity index (χ0v) is 12.2. The molecule has 2 nitrogen and oxygen atoms in total. The van der Waals surface area contributed by atoms with Crippen molar-refractivity contribution in [2.75, 3.05) is 0 Å². The van der Waals surface area contributed by atoms with Crippen LogP contribution in [0, 0.1) is 11.3 Å². The van der Waals surface area contributed by atoms with Crippen molar-refractivity contribution in [1.29, 1.82) is 5.26 Å². The van der Waals surface area contributed by atoms with E-state index in [-0.39, 0.29) is 5.92 Å². The molecule has 0 aliphatic rings. The highest BCUT2D eigenvalue weighted by Crippen LogP contribution is 2.22. The lowest BCUT2D eigenvalue weighted by atomic mass is 9.96. The first-order valence-corrected chi connectivity index (χ1v) is 6.37. The predicted octanol–water partition coefficient (Wildman–Crippen LogP) is 5.05. The lowest BCUT2D eigenvalue weighted by Gasteiger charge is -2.09. The van der Waals surface area contributed by atoms with Gasteiger partial charge in [0, 0.05) is 12.4 Å². The van der Waals surface area contributed by atoms with E-state index in [1.807, 2.05) is 34.6 Å². The quantitative estimate of drug-likeness (QED) is 0.746. The van der Waals surface area contributed by atoms with Gasteiger partial charge in [-0.2, -0.15) is 5.26 Å². The van der Waals surface area contributed by atoms with E-state index < -0.39 is 0 Å². The maximum Gasteiger partial charge on any atom is 0.0705 e. The van der Waals surface area contributed by atoms with Gasteiger partial charge in [-0.15, -0.1) is 0 Å². The molecule has 0 amide bonds. The van der Waals surface area contributed by atoms with Crippen LogP contribution in [0.1, 0.15) is 57.2 Å². The molecule has 1 heterocycles. The lowest BCUT2D eigenvalue weighted by Crippen LogP contribution is -1.97. The second-order valence-corrected chi connectivity index (χ2v) is 2.99. The smallest absolute Gasteiger partial charge is 0.0705 e. The van der Waals surface area contributed by atoms with Gasteiger partial charge in [0.1, 0.15) is 0 Å². The normalized spacial score (nSPS) is 9.56. The third kappa shape index (κ3) is 4.97. The van der Waals surface area contributed by atoms with Crippen LogP contribution in [0.3, 0.4) is 0 Å². The molecule has 1 rings (SSSR count). The summed E-state index contributed by atoms with van der Waals surface area (Å²) < 4.78 is 0. The van der Waals surface area contributed by atoms with Gasteiger partial charge in [0.15, 0.2) is 0 Å². The van der Waals surface area contributed by atoms with Crippen molar-refractivity contribution in [3.8, 4) is 6.07 Å². The summed E-state index contributed by atoms with van der Waals surface area (Å²) in [5.41, 5.74) is 2.77. The van der Waals surface area contributed by atoms with Crippen LogP contribution in [0.2, 0.25) is 0 Å². The molecule has 0 aromatic carbocycles. The average Bonchev–Trinajstić information content (AvgIpc) is 2.49. The van der Waals surface area contributed by atoms with Crippen LogP contribution in [0.15, 0.2) is 25.6 Å². The fourth-order valence-electron chi connectivity index (χ4n) is 1.32. The van der Waals surface area contributed by atoms with Gasteiger partial charge in [-0.3, -0.25) is 4.98 Å². The first kappa shape index (κ1) is 18.5. The molecule has 0 radical (unpaired) electrons. The van der Waals surface area contributed by atoms with Crippen molar-refractivity contribution in [3.63, 3.8) is 0 Å². The van der Waals surface area contributed by atoms with Crippen molar-refractivity contribution >= 4 is 12.2 Å². The summed E-state index contributed by atoms with van der Waals surface area (Å²) in [6, 6.07) is 2.19. The van der Waals surface area contributed by atoms with Gasteiger partial charge < -0.3 is 0 Å². The van der Waals surface area contributed by atoms with Crippen LogP contribution in [-0.4, -0.2) is 4.98 Å². The molecule has 1 aromatic rings. The molecule has 0 saturated heterocycles. The molecule has 0 aliphatic heterocycles. The molecule has 1 aromatic heterocycles. The number of hydrogen-bond acceptors (Lipinski definition) is 2. The molecule has 0 saturated carbocycles. The molecule has 0 fully saturated rings. The van der Waals surface area contributed by atoms with E-state index >= 15 is 0 Å². The Morgan fingerprint density at radius 3 is 2.11 bits per heavy atom. The summed E-state index contributed by atoms with van der Waals surface area (Å²) in [5, 5.41) is 8.83. The summed E-state index contributed by atoms with van der Waals surface area (Å²) in [6.45, 7) is 17.3. The Bertz CT molecular complexity index is 400. The van der Waals surface area contributed by atoms with Crippen molar-refractivity contribution < 1.29 is 0 Å². The van der Waals surface area contributed by atoms with Crippen molar-refractivity contribution in [2.24, 2.45) is 0 Å². The monoisotopic (exact) mass is 244 g/mol. The SMILES string of the molecule is C=Cc1cncc(C(C)C#N)c1C=C.CC.CC. The standard InChI is InChI=1S/C12H12N2.2C2H6/c1-4-10-7-14-8-12(9(3)6-13)11(10)5-2;2*1-2/h4-5,7-9H,1-2H2,3H3;2*1-2H3. The second kappa shape index (κ2) is 11.6. The lowest BCUT2D eigenvalue weighted by molar-refractivity contribution is 0.961. The van der Waals surface area contributed by atoms with E-state index in [9.17, 15) is 0 Å². The van der Waals surface area contributed by atoms with Gasteiger partial charge in [0.2, 0.25) is 0 Å². The van der Waals surface area contributed by atoms with Crippen LogP contribution >= 0.6 is 0 Å². The van der Waals surface area contributed by atoms with E-state index in [0.29, 0.717) is 0 Å². The molecule has 2 heteroatoms. The van der Waals surface area contributed by atoms with E-state index in [0.717, 1.165) is 16.7 Å². The highest BCUT2D eigenvalue weighted by molar-refractivity contribution is 5.66. The minimum absolute atomic E-state index is 0.171. The zero-order chi connectivity index (χ0) is 14.6. The Kier molecular flexibility index (Phi) is 11.9. The Balaban J connectivity index is 0. The number of nitrogens with zero attached hydrogens (tertiary/aromatic N) is 2. The summed E-state index contributed by atoms with van der Waals surface area (Å²) >= 11 is 0. The van der Waals surface area contributed by atoms with E-state index in [1.165, 1.54) is 0 Å². The minimum Gasteiger partial charge on any atom is -0.264 e. The van der Waals surface area contributed by atoms with Gasteiger partial charge in [0.25, 0.3) is 0 Å². The molecule has 0 bridgehead atoms. The van der Waals surface area contributed by atoms with Crippen LogP contribution < -0.4 is 0 Å². The Morgan fingerprint density at radius 1 is 1.17 bits per heavy atom. The first-order chi connectivity index (χ1) is 8.74. The maximum atomic E-state index is 8.83. The number of rotatable bonds is 3. The van der Waals surface area contributed by atoms with Gasteiger partial charge in [-0.05, 0) is 23.6 Å². The summed E-state index contributed by atoms with van der Waals surface area (Å²) in [4.78, 5) is 4.06. The Morgan fingerprint density at radius 2 is 1.72 bits per heavy atom. The van der Waals surface area contributed by atoms with E-state index in [4.69, 9.17) is 5.26 Å². The maximum absolute atomic E-state index is 8.83. The molecule has 98 valence electrons. The minimum atomic E-state index is -0.171. The third-order valence-electron chi connectivity index (χ3n) is 2.13. The largest absolute Gasteiger partial charge is 0.264 e. The number of nitriles is 1. The van der Waals surface area contributed by atoms with Crippen LogP contribution in [0.4, 0.5) is 0 Å². The number of pyridine rings is 1. The molecule has 1 atom stereocenters. The zero-order valence-electron chi connectivity index (χ0n) is 12.2. The third-order valence-corrected chi connectivity index (χ3v) is 2.13. The van der Waals surface area contributed by atoms with Crippen molar-refractivity contribution in [1.82, 2.24) is 4.98 Å². The topological polar surface area (TPSA) is 36.7 Å². The average molecular weight is 244 g/mol. The molecular weight excluding hydrogens is 220 g/mol. The number of aromatic nitrogens is 1. The Labute approximate surface area is 112 Å². The van der Waals surface area contributed by atoms with E-state index in [1.54, 1.807) is 24.5 Å².